The van der Waals surface area contributed by atoms with Crippen LogP contribution < -0.4 is 10.1 Å². The van der Waals surface area contributed by atoms with E-state index in [1.807, 2.05) is 42.7 Å². The number of nitrogens with one attached hydrogen (secondary N) is 1. The van der Waals surface area contributed by atoms with Gasteiger partial charge < -0.3 is 10.1 Å². The van der Waals surface area contributed by atoms with Crippen LogP contribution in [-0.2, 0) is 6.42 Å². The Morgan fingerprint density at radius 3 is 2.65 bits per heavy atom. The van der Waals surface area contributed by atoms with Crippen LogP contribution in [0.5, 0.6) is 5.75 Å². The van der Waals surface area contributed by atoms with Crippen molar-refractivity contribution < 1.29 is 9.53 Å². The molecule has 1 aliphatic carbocycles. The van der Waals surface area contributed by atoms with E-state index in [1.165, 1.54) is 25.7 Å². The van der Waals surface area contributed by atoms with E-state index in [2.05, 4.69) is 39.5 Å². The quantitative estimate of drug-likeness (QED) is 0.607. The normalized spacial score (nSPS) is 17.9. The summed E-state index contributed by atoms with van der Waals surface area (Å²) in [4.78, 5) is 19.4. The van der Waals surface area contributed by atoms with E-state index >= 15 is 0 Å². The van der Waals surface area contributed by atoms with Crippen LogP contribution >= 0.6 is 0 Å². The minimum Gasteiger partial charge on any atom is -0.492 e. The van der Waals surface area contributed by atoms with Crippen molar-refractivity contribution in [2.45, 2.75) is 32.1 Å². The van der Waals surface area contributed by atoms with Crippen molar-refractivity contribution in [2.24, 2.45) is 5.92 Å². The second kappa shape index (κ2) is 10.8. The second-order valence-corrected chi connectivity index (χ2v) is 9.49. The lowest BCUT2D eigenvalue weighted by molar-refractivity contribution is 0.0945. The highest BCUT2D eigenvalue weighted by atomic mass is 16.5. The summed E-state index contributed by atoms with van der Waals surface area (Å²) in [5.74, 6) is 1.69. The fraction of sp³-hybridized carbons (Fsp3) is 0.379. The van der Waals surface area contributed by atoms with E-state index in [4.69, 9.17) is 4.74 Å². The minimum absolute atomic E-state index is 0.00161. The molecule has 1 N–H and O–H groups in total. The molecule has 1 saturated carbocycles. The summed E-state index contributed by atoms with van der Waals surface area (Å²) < 4.78 is 6.37. The molecule has 5 nitrogen and oxygen atoms in total. The molecule has 5 heteroatoms. The molecule has 3 aromatic rings. The molecule has 0 atom stereocenters. The second-order valence-electron chi connectivity index (χ2n) is 9.49. The van der Waals surface area contributed by atoms with E-state index in [0.717, 1.165) is 53.6 Å². The van der Waals surface area contributed by atoms with Crippen LogP contribution in [0, 0.1) is 5.92 Å². The number of nitrogens with zero attached hydrogens (tertiary/aromatic N) is 2. The molecule has 2 aliphatic rings. The number of pyridine rings is 1. The number of amides is 1. The summed E-state index contributed by atoms with van der Waals surface area (Å²) in [6.07, 6.45) is 9.66. The predicted octanol–water partition coefficient (Wildman–Crippen LogP) is 4.95. The molecule has 0 unspecified atom stereocenters. The first-order chi connectivity index (χ1) is 16.7. The predicted molar refractivity (Wildman–Crippen MR) is 135 cm³/mol. The van der Waals surface area contributed by atoms with E-state index in [-0.39, 0.29) is 5.91 Å². The van der Waals surface area contributed by atoms with Crippen LogP contribution in [0.1, 0.15) is 47.2 Å². The zero-order chi connectivity index (χ0) is 23.2. The van der Waals surface area contributed by atoms with Crippen molar-refractivity contribution in [3.63, 3.8) is 0 Å². The van der Waals surface area contributed by atoms with Gasteiger partial charge in [0.25, 0.3) is 5.91 Å². The number of fused-ring (bicyclic) bond motifs is 3. The Kier molecular flexibility index (Phi) is 7.20. The third-order valence-corrected chi connectivity index (χ3v) is 7.03. The van der Waals surface area contributed by atoms with Gasteiger partial charge in [-0.15, -0.1) is 0 Å². The van der Waals surface area contributed by atoms with Crippen molar-refractivity contribution in [3.05, 3.63) is 83.7 Å². The van der Waals surface area contributed by atoms with E-state index in [9.17, 15) is 4.79 Å². The Morgan fingerprint density at radius 2 is 1.79 bits per heavy atom. The van der Waals surface area contributed by atoms with Crippen LogP contribution in [0.3, 0.4) is 0 Å². The fourth-order valence-electron chi connectivity index (χ4n) is 5.19. The summed E-state index contributed by atoms with van der Waals surface area (Å²) in [7, 11) is 0. The van der Waals surface area contributed by atoms with Crippen LogP contribution in [0.2, 0.25) is 0 Å². The fourth-order valence-corrected chi connectivity index (χ4v) is 5.19. The third kappa shape index (κ3) is 5.65. The topological polar surface area (TPSA) is 54.5 Å². The van der Waals surface area contributed by atoms with Gasteiger partial charge in [-0.2, -0.15) is 0 Å². The van der Waals surface area contributed by atoms with Gasteiger partial charge >= 0.3 is 0 Å². The highest BCUT2D eigenvalue weighted by Crippen LogP contribution is 2.29. The highest BCUT2D eigenvalue weighted by molar-refractivity contribution is 5.94. The summed E-state index contributed by atoms with van der Waals surface area (Å²) in [6.45, 7) is 4.09. The van der Waals surface area contributed by atoms with Crippen molar-refractivity contribution in [1.82, 2.24) is 15.2 Å². The molecule has 2 heterocycles. The van der Waals surface area contributed by atoms with Crippen LogP contribution in [0.25, 0.3) is 11.1 Å². The number of benzene rings is 2. The molecule has 2 aromatic carbocycles. The summed E-state index contributed by atoms with van der Waals surface area (Å²) in [5, 5.41) is 3.12. The molecule has 34 heavy (non-hydrogen) atoms. The van der Waals surface area contributed by atoms with Gasteiger partial charge in [0, 0.05) is 50.6 Å². The summed E-state index contributed by atoms with van der Waals surface area (Å²) in [5.41, 5.74) is 5.22. The molecular weight excluding hydrogens is 422 g/mol. The maximum Gasteiger partial charge on any atom is 0.251 e. The lowest BCUT2D eigenvalue weighted by atomic mass is 9.97. The Morgan fingerprint density at radius 1 is 0.941 bits per heavy atom. The molecule has 2 bridgehead atoms. The Labute approximate surface area is 202 Å². The first kappa shape index (κ1) is 22.6. The zero-order valence-electron chi connectivity index (χ0n) is 19.7. The van der Waals surface area contributed by atoms with Crippen LogP contribution in [0.15, 0.2) is 67.0 Å². The molecule has 0 radical (unpaired) electrons. The average molecular weight is 456 g/mol. The number of aromatic nitrogens is 1. The van der Waals surface area contributed by atoms with Gasteiger partial charge in [-0.1, -0.05) is 31.0 Å². The van der Waals surface area contributed by atoms with Crippen molar-refractivity contribution >= 4 is 5.91 Å². The average Bonchev–Trinajstić information content (AvgIpc) is 3.38. The summed E-state index contributed by atoms with van der Waals surface area (Å²) in [6, 6.07) is 18.4. The van der Waals surface area contributed by atoms with Crippen LogP contribution in [0.4, 0.5) is 0 Å². The minimum atomic E-state index is 0.00161. The van der Waals surface area contributed by atoms with Gasteiger partial charge in [0.05, 0.1) is 0 Å². The molecule has 176 valence electrons. The molecule has 1 aliphatic heterocycles. The number of ether oxygens (including phenoxy) is 1. The molecule has 0 spiro atoms. The molecular formula is C29H33N3O2. The third-order valence-electron chi connectivity index (χ3n) is 7.03. The maximum atomic E-state index is 12.8. The monoisotopic (exact) mass is 455 g/mol. The molecule has 1 fully saturated rings. The number of hydrogen-bond donors (Lipinski definition) is 1. The van der Waals surface area contributed by atoms with E-state index in [1.54, 1.807) is 0 Å². The lowest BCUT2D eigenvalue weighted by Crippen LogP contribution is -2.39. The molecule has 1 aromatic heterocycles. The van der Waals surface area contributed by atoms with Gasteiger partial charge in [-0.25, -0.2) is 0 Å². The van der Waals surface area contributed by atoms with E-state index in [0.29, 0.717) is 25.1 Å². The number of carbonyl (C=O) groups excluding carboxylic acids is 1. The Balaban J connectivity index is 1.43. The van der Waals surface area contributed by atoms with Crippen LogP contribution in [-0.4, -0.2) is 48.6 Å². The number of carbonyl (C=O) groups is 1. The van der Waals surface area contributed by atoms with Crippen molar-refractivity contribution in [2.75, 3.05) is 32.8 Å². The number of rotatable bonds is 3. The SMILES string of the molecule is O=C1NCCN(CC2CCCC2)CCOc2ccc(-c3ccncc3)cc2Cc2cccc1c2. The molecule has 5 rings (SSSR count). The molecule has 0 saturated heterocycles. The van der Waals surface area contributed by atoms with Gasteiger partial charge in [0.2, 0.25) is 0 Å². The van der Waals surface area contributed by atoms with Gasteiger partial charge in [0.1, 0.15) is 12.4 Å². The van der Waals surface area contributed by atoms with Crippen molar-refractivity contribution in [3.8, 4) is 16.9 Å². The van der Waals surface area contributed by atoms with E-state index < -0.39 is 0 Å². The maximum absolute atomic E-state index is 12.8. The largest absolute Gasteiger partial charge is 0.492 e. The standard InChI is InChI=1S/C29H33N3O2/c33-29-26-7-3-6-23(18-26)19-27-20-25(24-10-12-30-13-11-24)8-9-28(27)34-17-16-32(15-14-31-29)21-22-4-1-2-5-22/h3,6-13,18,20,22H,1-2,4-5,14-17,19,21H2,(H,31,33). The Bertz CT molecular complexity index is 1110. The van der Waals surface area contributed by atoms with Gasteiger partial charge in [-0.3, -0.25) is 14.7 Å². The highest BCUT2D eigenvalue weighted by Gasteiger charge is 2.19. The first-order valence-electron chi connectivity index (χ1n) is 12.5. The zero-order valence-corrected chi connectivity index (χ0v) is 19.7. The number of hydrogen-bond acceptors (Lipinski definition) is 4. The smallest absolute Gasteiger partial charge is 0.251 e. The van der Waals surface area contributed by atoms with Crippen molar-refractivity contribution in [1.29, 1.82) is 0 Å². The molecule has 1 amide bonds. The summed E-state index contributed by atoms with van der Waals surface area (Å²) >= 11 is 0. The Hall–Kier alpha value is -3.18. The first-order valence-corrected chi connectivity index (χ1v) is 12.5. The lowest BCUT2D eigenvalue weighted by Gasteiger charge is -2.26. The van der Waals surface area contributed by atoms with Gasteiger partial charge in [-0.05, 0) is 77.4 Å². The van der Waals surface area contributed by atoms with Gasteiger partial charge in [0.15, 0.2) is 0 Å².